The maximum absolute atomic E-state index is 13.3. The number of anilines is 1. The molecule has 0 unspecified atom stereocenters. The van der Waals surface area contributed by atoms with Gasteiger partial charge in [-0.2, -0.15) is 0 Å². The molecule has 1 fully saturated rings. The summed E-state index contributed by atoms with van der Waals surface area (Å²) in [5, 5.41) is 0.0492. The highest BCUT2D eigenvalue weighted by molar-refractivity contribution is 7.93. The molecule has 0 saturated heterocycles. The summed E-state index contributed by atoms with van der Waals surface area (Å²) in [5.74, 6) is -0.309. The number of methoxy groups -OCH3 is 1. The number of carbonyl (C=O) groups excluding carboxylic acids is 1. The molecule has 0 atom stereocenters. The van der Waals surface area contributed by atoms with E-state index in [0.717, 1.165) is 44.0 Å². The van der Waals surface area contributed by atoms with Crippen LogP contribution in [-0.4, -0.2) is 31.0 Å². The Morgan fingerprint density at radius 3 is 2.33 bits per heavy atom. The van der Waals surface area contributed by atoms with Crippen molar-refractivity contribution in [3.63, 3.8) is 0 Å². The Balaban J connectivity index is 1.84. The molecule has 176 valence electrons. The number of sulfonamides is 1. The normalized spacial score (nSPS) is 15.7. The highest BCUT2D eigenvalue weighted by Crippen LogP contribution is 2.36. The highest BCUT2D eigenvalue weighted by Gasteiger charge is 2.27. The molecule has 1 aromatic heterocycles. The quantitative estimate of drug-likeness (QED) is 0.412. The first-order valence-electron chi connectivity index (χ1n) is 10.9. The van der Waals surface area contributed by atoms with Gasteiger partial charge in [-0.1, -0.05) is 61.4 Å². The van der Waals surface area contributed by atoms with Crippen molar-refractivity contribution in [2.24, 2.45) is 0 Å². The topological polar surface area (TPSA) is 90.3 Å². The van der Waals surface area contributed by atoms with Crippen molar-refractivity contribution in [2.45, 2.75) is 55.9 Å². The van der Waals surface area contributed by atoms with Gasteiger partial charge in [-0.15, -0.1) is 0 Å². The Labute approximate surface area is 203 Å². The van der Waals surface area contributed by atoms with Crippen LogP contribution in [0, 0.1) is 0 Å². The number of fused-ring (bicyclic) bond motifs is 1. The lowest BCUT2D eigenvalue weighted by Gasteiger charge is -2.24. The minimum absolute atomic E-state index is 0.0246. The Kier molecular flexibility index (Phi) is 7.16. The number of benzene rings is 2. The van der Waals surface area contributed by atoms with E-state index in [-0.39, 0.29) is 26.9 Å². The van der Waals surface area contributed by atoms with E-state index < -0.39 is 16.0 Å². The van der Waals surface area contributed by atoms with Crippen molar-refractivity contribution in [3.05, 3.63) is 52.0 Å². The van der Waals surface area contributed by atoms with Gasteiger partial charge in [-0.3, -0.25) is 0 Å². The van der Waals surface area contributed by atoms with Crippen LogP contribution in [0.1, 0.15) is 61.3 Å². The standard InChI is InChI=1S/C23H25Cl2N3O4S/c1-32-22(29)15-12-13-20-19(14-15)26-23(28(20)16-8-5-3-2-4-6-9-16)27-33(30,31)21-17(24)10-7-11-18(21)25/h7,10-14,16H,2-6,8-9H2,1H3,(H,26,27). The molecule has 0 aliphatic heterocycles. The molecule has 7 nitrogen and oxygen atoms in total. The lowest BCUT2D eigenvalue weighted by atomic mass is 9.96. The van der Waals surface area contributed by atoms with Crippen LogP contribution in [0.4, 0.5) is 5.95 Å². The highest BCUT2D eigenvalue weighted by atomic mass is 35.5. The van der Waals surface area contributed by atoms with E-state index in [1.807, 2.05) is 4.57 Å². The molecule has 2 aromatic carbocycles. The van der Waals surface area contributed by atoms with Crippen LogP contribution >= 0.6 is 23.2 Å². The molecule has 0 radical (unpaired) electrons. The number of imidazole rings is 1. The van der Waals surface area contributed by atoms with Crippen molar-refractivity contribution in [2.75, 3.05) is 11.8 Å². The van der Waals surface area contributed by atoms with E-state index in [9.17, 15) is 13.2 Å². The van der Waals surface area contributed by atoms with Gasteiger partial charge >= 0.3 is 5.97 Å². The molecule has 10 heteroatoms. The molecule has 4 rings (SSSR count). The fourth-order valence-corrected chi connectivity index (χ4v) is 6.53. The van der Waals surface area contributed by atoms with Gasteiger partial charge in [0.2, 0.25) is 5.95 Å². The van der Waals surface area contributed by atoms with Crippen molar-refractivity contribution in [1.82, 2.24) is 9.55 Å². The number of esters is 1. The number of ether oxygens (including phenoxy) is 1. The van der Waals surface area contributed by atoms with Crippen LogP contribution < -0.4 is 4.72 Å². The summed E-state index contributed by atoms with van der Waals surface area (Å²) >= 11 is 12.4. The first kappa shape index (κ1) is 23.9. The first-order chi connectivity index (χ1) is 15.8. The van der Waals surface area contributed by atoms with Gasteiger partial charge in [0.15, 0.2) is 0 Å². The summed E-state index contributed by atoms with van der Waals surface area (Å²) in [7, 11) is -2.81. The van der Waals surface area contributed by atoms with Crippen LogP contribution in [0.15, 0.2) is 41.3 Å². The van der Waals surface area contributed by atoms with Gasteiger partial charge in [0.1, 0.15) is 4.90 Å². The van der Waals surface area contributed by atoms with Crippen LogP contribution in [0.5, 0.6) is 0 Å². The Morgan fingerprint density at radius 2 is 1.70 bits per heavy atom. The minimum atomic E-state index is -4.12. The van der Waals surface area contributed by atoms with Gasteiger partial charge in [-0.25, -0.2) is 22.9 Å². The summed E-state index contributed by atoms with van der Waals surface area (Å²) in [6.07, 6.45) is 7.42. The number of aromatic nitrogens is 2. The van der Waals surface area contributed by atoms with E-state index in [1.165, 1.54) is 25.7 Å². The number of rotatable bonds is 5. The second-order valence-corrected chi connectivity index (χ2v) is 10.6. The fraction of sp³-hybridized carbons (Fsp3) is 0.391. The zero-order chi connectivity index (χ0) is 23.6. The number of carbonyl (C=O) groups is 1. The largest absolute Gasteiger partial charge is 0.465 e. The molecule has 0 bridgehead atoms. The lowest BCUT2D eigenvalue weighted by molar-refractivity contribution is 0.0601. The van der Waals surface area contributed by atoms with Gasteiger partial charge in [0.25, 0.3) is 10.0 Å². The van der Waals surface area contributed by atoms with E-state index in [0.29, 0.717) is 11.1 Å². The molecule has 1 aliphatic rings. The molecule has 0 spiro atoms. The molecule has 1 saturated carbocycles. The average Bonchev–Trinajstić information content (AvgIpc) is 3.09. The summed E-state index contributed by atoms with van der Waals surface area (Å²) in [6, 6.07) is 9.67. The van der Waals surface area contributed by atoms with Crippen molar-refractivity contribution in [1.29, 1.82) is 0 Å². The van der Waals surface area contributed by atoms with Crippen molar-refractivity contribution in [3.8, 4) is 0 Å². The second-order valence-electron chi connectivity index (χ2n) is 8.16. The molecule has 33 heavy (non-hydrogen) atoms. The third-order valence-corrected chi connectivity index (χ3v) is 8.25. The molecule has 1 heterocycles. The van der Waals surface area contributed by atoms with Gasteiger partial charge < -0.3 is 9.30 Å². The molecule has 0 amide bonds. The summed E-state index contributed by atoms with van der Waals surface area (Å²) in [6.45, 7) is 0. The number of nitrogens with zero attached hydrogens (tertiary/aromatic N) is 2. The molecule has 1 N–H and O–H groups in total. The molecular weight excluding hydrogens is 485 g/mol. The number of halogens is 2. The molecule has 3 aromatic rings. The number of nitrogens with one attached hydrogen (secondary N) is 1. The van der Waals surface area contributed by atoms with Gasteiger partial charge in [-0.05, 0) is 43.2 Å². The maximum Gasteiger partial charge on any atom is 0.337 e. The minimum Gasteiger partial charge on any atom is -0.465 e. The zero-order valence-electron chi connectivity index (χ0n) is 18.2. The first-order valence-corrected chi connectivity index (χ1v) is 13.1. The third kappa shape index (κ3) is 4.98. The Morgan fingerprint density at radius 1 is 1.06 bits per heavy atom. The van der Waals surface area contributed by atoms with Gasteiger partial charge in [0.05, 0.1) is 33.8 Å². The molecular formula is C23H25Cl2N3O4S. The summed E-state index contributed by atoms with van der Waals surface area (Å²) in [4.78, 5) is 16.4. The van der Waals surface area contributed by atoms with E-state index >= 15 is 0 Å². The number of hydrogen-bond donors (Lipinski definition) is 1. The Bertz CT molecular complexity index is 1260. The van der Waals surface area contributed by atoms with E-state index in [1.54, 1.807) is 24.3 Å². The van der Waals surface area contributed by atoms with Crippen LogP contribution in [0.25, 0.3) is 11.0 Å². The monoisotopic (exact) mass is 509 g/mol. The smallest absolute Gasteiger partial charge is 0.337 e. The predicted octanol–water partition coefficient (Wildman–Crippen LogP) is 6.22. The predicted molar refractivity (Wildman–Crippen MR) is 130 cm³/mol. The summed E-state index contributed by atoms with van der Waals surface area (Å²) < 4.78 is 35.9. The van der Waals surface area contributed by atoms with Crippen molar-refractivity contribution >= 4 is 56.2 Å². The van der Waals surface area contributed by atoms with E-state index in [2.05, 4.69) is 9.71 Å². The Hall–Kier alpha value is -2.29. The van der Waals surface area contributed by atoms with Crippen LogP contribution in [0.2, 0.25) is 10.0 Å². The SMILES string of the molecule is COC(=O)c1ccc2c(c1)nc(NS(=O)(=O)c1c(Cl)cccc1Cl)n2C1CCCCCCC1. The second kappa shape index (κ2) is 9.91. The van der Waals surface area contributed by atoms with Crippen molar-refractivity contribution < 1.29 is 17.9 Å². The summed E-state index contributed by atoms with van der Waals surface area (Å²) in [5.41, 5.74) is 1.59. The average molecular weight is 510 g/mol. The molecule has 1 aliphatic carbocycles. The van der Waals surface area contributed by atoms with E-state index in [4.69, 9.17) is 27.9 Å². The lowest BCUT2D eigenvalue weighted by Crippen LogP contribution is -2.20. The fourth-order valence-electron chi connectivity index (χ4n) is 4.39. The third-order valence-electron chi connectivity index (χ3n) is 5.96. The van der Waals surface area contributed by atoms with Gasteiger partial charge in [0, 0.05) is 6.04 Å². The van der Waals surface area contributed by atoms with Crippen LogP contribution in [-0.2, 0) is 14.8 Å². The maximum atomic E-state index is 13.3. The number of hydrogen-bond acceptors (Lipinski definition) is 5. The van der Waals surface area contributed by atoms with Crippen LogP contribution in [0.3, 0.4) is 0 Å². The zero-order valence-corrected chi connectivity index (χ0v) is 20.5.